The maximum Gasteiger partial charge on any atom is 0.272 e. The zero-order chi connectivity index (χ0) is 17.3. The monoisotopic (exact) mass is 367 g/mol. The Morgan fingerprint density at radius 3 is 2.58 bits per heavy atom. The number of thiophene rings is 1. The largest absolute Gasteiger partial charge is 0.396 e. The van der Waals surface area contributed by atoms with Crippen LogP contribution in [0.3, 0.4) is 0 Å². The summed E-state index contributed by atoms with van der Waals surface area (Å²) in [7, 11) is 0. The van der Waals surface area contributed by atoms with Crippen LogP contribution in [0.1, 0.15) is 4.88 Å². The smallest absolute Gasteiger partial charge is 0.272 e. The number of carbonyl (C=O) groups excluding carboxylic acids is 2. The number of rotatable bonds is 5. The minimum Gasteiger partial charge on any atom is -0.396 e. The van der Waals surface area contributed by atoms with Crippen LogP contribution in [0, 0.1) is 11.6 Å². The molecule has 1 aliphatic rings. The molecule has 8 heteroatoms. The van der Waals surface area contributed by atoms with Crippen LogP contribution >= 0.6 is 23.1 Å². The molecule has 2 heterocycles. The average molecular weight is 367 g/mol. The zero-order valence-electron chi connectivity index (χ0n) is 12.2. The van der Waals surface area contributed by atoms with Crippen LogP contribution in [-0.2, 0) is 9.59 Å². The number of thioether (sulfide) groups is 1. The van der Waals surface area contributed by atoms with Crippen LogP contribution in [0.15, 0.2) is 40.6 Å². The van der Waals surface area contributed by atoms with Gasteiger partial charge in [0.05, 0.1) is 22.8 Å². The van der Waals surface area contributed by atoms with Crippen molar-refractivity contribution in [1.82, 2.24) is 0 Å². The highest BCUT2D eigenvalue weighted by molar-refractivity contribution is 8.04. The van der Waals surface area contributed by atoms with Gasteiger partial charge in [0.1, 0.15) is 11.6 Å². The van der Waals surface area contributed by atoms with Crippen LogP contribution in [0.5, 0.6) is 0 Å². The number of benzene rings is 1. The summed E-state index contributed by atoms with van der Waals surface area (Å²) in [6.07, 6.45) is 0. The van der Waals surface area contributed by atoms with Crippen molar-refractivity contribution >= 4 is 46.2 Å². The van der Waals surface area contributed by atoms with Crippen molar-refractivity contribution in [1.29, 1.82) is 0 Å². The Kier molecular flexibility index (Phi) is 4.79. The normalized spacial score (nSPS) is 14.9. The van der Waals surface area contributed by atoms with E-state index in [0.29, 0.717) is 15.8 Å². The lowest BCUT2D eigenvalue weighted by atomic mass is 10.2. The molecular weight excluding hydrogens is 356 g/mol. The van der Waals surface area contributed by atoms with Gasteiger partial charge < -0.3 is 5.11 Å². The first-order chi connectivity index (χ1) is 11.5. The molecule has 3 rings (SSSR count). The second kappa shape index (κ2) is 6.84. The van der Waals surface area contributed by atoms with Crippen molar-refractivity contribution in [3.8, 4) is 0 Å². The van der Waals surface area contributed by atoms with Gasteiger partial charge in [0, 0.05) is 16.7 Å². The molecule has 24 heavy (non-hydrogen) atoms. The molecule has 0 fully saturated rings. The van der Waals surface area contributed by atoms with Gasteiger partial charge in [-0.25, -0.2) is 13.7 Å². The number of hydrogen-bond acceptors (Lipinski definition) is 5. The van der Waals surface area contributed by atoms with Crippen molar-refractivity contribution in [3.05, 3.63) is 57.1 Å². The summed E-state index contributed by atoms with van der Waals surface area (Å²) < 4.78 is 27.2. The summed E-state index contributed by atoms with van der Waals surface area (Å²) in [5.41, 5.74) is -0.114. The Hall–Kier alpha value is -2.03. The molecule has 1 aromatic heterocycles. The molecule has 1 aromatic carbocycles. The number of imide groups is 1. The fraction of sp³-hybridized carbons (Fsp3) is 0.125. The molecule has 0 saturated heterocycles. The van der Waals surface area contributed by atoms with Crippen molar-refractivity contribution in [2.45, 2.75) is 0 Å². The summed E-state index contributed by atoms with van der Waals surface area (Å²) in [6.45, 7) is -0.168. The maximum absolute atomic E-state index is 14.0. The third-order valence-electron chi connectivity index (χ3n) is 3.30. The summed E-state index contributed by atoms with van der Waals surface area (Å²) in [5.74, 6) is -2.89. The molecule has 124 valence electrons. The third kappa shape index (κ3) is 2.88. The molecule has 2 amide bonds. The van der Waals surface area contributed by atoms with Crippen LogP contribution < -0.4 is 4.90 Å². The quantitative estimate of drug-likeness (QED) is 0.826. The molecule has 1 aliphatic heterocycles. The lowest BCUT2D eigenvalue weighted by Crippen LogP contribution is -2.32. The first-order valence-electron chi connectivity index (χ1n) is 6.90. The molecule has 0 spiro atoms. The summed E-state index contributed by atoms with van der Waals surface area (Å²) in [5, 5.41) is 10.8. The SMILES string of the molecule is O=C1C(SCCO)=C(c2cccs2)C(=O)N1c1ccc(F)cc1F. The number of aliphatic hydroxyl groups is 1. The molecule has 0 saturated carbocycles. The highest BCUT2D eigenvalue weighted by Gasteiger charge is 2.41. The third-order valence-corrected chi connectivity index (χ3v) is 5.24. The first-order valence-corrected chi connectivity index (χ1v) is 8.76. The van der Waals surface area contributed by atoms with Gasteiger partial charge in [-0.3, -0.25) is 9.59 Å². The molecule has 2 aromatic rings. The topological polar surface area (TPSA) is 57.6 Å². The van der Waals surface area contributed by atoms with Crippen molar-refractivity contribution in [2.75, 3.05) is 17.3 Å². The Balaban J connectivity index is 2.07. The van der Waals surface area contributed by atoms with Gasteiger partial charge in [-0.1, -0.05) is 6.07 Å². The van der Waals surface area contributed by atoms with Gasteiger partial charge in [0.25, 0.3) is 11.8 Å². The molecule has 0 aliphatic carbocycles. The standard InChI is InChI=1S/C16H11F2NO3S2/c17-9-3-4-11(10(18)8-9)19-15(21)13(12-2-1-6-23-12)14(16(19)22)24-7-5-20/h1-4,6,8,20H,5,7H2. The number of hydrogen-bond donors (Lipinski definition) is 1. The molecule has 0 radical (unpaired) electrons. The van der Waals surface area contributed by atoms with Crippen molar-refractivity contribution < 1.29 is 23.5 Å². The van der Waals surface area contributed by atoms with Crippen LogP contribution in [0.4, 0.5) is 14.5 Å². The van der Waals surface area contributed by atoms with E-state index in [1.54, 1.807) is 17.5 Å². The van der Waals surface area contributed by atoms with Gasteiger partial charge in [-0.15, -0.1) is 23.1 Å². The highest BCUT2D eigenvalue weighted by atomic mass is 32.2. The molecule has 4 nitrogen and oxygen atoms in total. The Labute approximate surface area is 144 Å². The van der Waals surface area contributed by atoms with E-state index in [0.717, 1.165) is 23.9 Å². The molecule has 0 bridgehead atoms. The Bertz CT molecular complexity index is 834. The van der Waals surface area contributed by atoms with E-state index < -0.39 is 23.4 Å². The second-order valence-electron chi connectivity index (χ2n) is 4.79. The van der Waals surface area contributed by atoms with E-state index in [-0.39, 0.29) is 28.5 Å². The van der Waals surface area contributed by atoms with E-state index >= 15 is 0 Å². The predicted molar refractivity (Wildman–Crippen MR) is 89.6 cm³/mol. The summed E-state index contributed by atoms with van der Waals surface area (Å²) in [6, 6.07) is 6.10. The highest BCUT2D eigenvalue weighted by Crippen LogP contribution is 2.40. The molecule has 0 unspecified atom stereocenters. The number of anilines is 1. The van der Waals surface area contributed by atoms with Gasteiger partial charge in [-0.2, -0.15) is 0 Å². The minimum atomic E-state index is -0.990. The van der Waals surface area contributed by atoms with E-state index in [1.807, 2.05) is 0 Å². The number of aliphatic hydroxyl groups excluding tert-OH is 1. The van der Waals surface area contributed by atoms with Crippen molar-refractivity contribution in [3.63, 3.8) is 0 Å². The van der Waals surface area contributed by atoms with E-state index in [1.165, 1.54) is 11.3 Å². The van der Waals surface area contributed by atoms with Crippen molar-refractivity contribution in [2.24, 2.45) is 0 Å². The van der Waals surface area contributed by atoms with Crippen LogP contribution in [-0.4, -0.2) is 29.3 Å². The van der Waals surface area contributed by atoms with Gasteiger partial charge in [0.15, 0.2) is 0 Å². The lowest BCUT2D eigenvalue weighted by molar-refractivity contribution is -0.119. The van der Waals surface area contributed by atoms with E-state index in [2.05, 4.69) is 0 Å². The second-order valence-corrected chi connectivity index (χ2v) is 6.85. The van der Waals surface area contributed by atoms with E-state index in [4.69, 9.17) is 5.11 Å². The van der Waals surface area contributed by atoms with Gasteiger partial charge in [0.2, 0.25) is 0 Å². The number of carbonyl (C=O) groups is 2. The number of amides is 2. The first kappa shape index (κ1) is 16.8. The molecule has 1 N–H and O–H groups in total. The fourth-order valence-corrected chi connectivity index (χ4v) is 4.00. The number of nitrogens with zero attached hydrogens (tertiary/aromatic N) is 1. The fourth-order valence-electron chi connectivity index (χ4n) is 2.31. The van der Waals surface area contributed by atoms with Gasteiger partial charge >= 0.3 is 0 Å². The predicted octanol–water partition coefficient (Wildman–Crippen LogP) is 3.04. The van der Waals surface area contributed by atoms with Gasteiger partial charge in [-0.05, 0) is 23.6 Å². The zero-order valence-corrected chi connectivity index (χ0v) is 13.8. The lowest BCUT2D eigenvalue weighted by Gasteiger charge is -2.15. The van der Waals surface area contributed by atoms with Crippen LogP contribution in [0.25, 0.3) is 5.57 Å². The molecule has 0 atom stereocenters. The van der Waals surface area contributed by atoms with Crippen LogP contribution in [0.2, 0.25) is 0 Å². The average Bonchev–Trinajstić information content (AvgIpc) is 3.14. The van der Waals surface area contributed by atoms with E-state index in [9.17, 15) is 18.4 Å². The Morgan fingerprint density at radius 1 is 1.17 bits per heavy atom. The Morgan fingerprint density at radius 2 is 1.96 bits per heavy atom. The summed E-state index contributed by atoms with van der Waals surface area (Å²) >= 11 is 2.32. The maximum atomic E-state index is 14.0. The molecular formula is C16H11F2NO3S2. The number of halogens is 2. The summed E-state index contributed by atoms with van der Waals surface area (Å²) in [4.78, 5) is 26.8. The minimum absolute atomic E-state index is 0.153.